The van der Waals surface area contributed by atoms with Crippen LogP contribution in [0.4, 0.5) is 18.0 Å². The first-order chi connectivity index (χ1) is 23.5. The van der Waals surface area contributed by atoms with Crippen LogP contribution in [-0.2, 0) is 33.4 Å². The monoisotopic (exact) mass is 996 g/mol. The molecule has 3 heterocycles. The van der Waals surface area contributed by atoms with Gasteiger partial charge in [0.1, 0.15) is 23.7 Å². The second-order valence-electron chi connectivity index (χ2n) is 16.2. The summed E-state index contributed by atoms with van der Waals surface area (Å²) >= 11 is 0. The van der Waals surface area contributed by atoms with Crippen LogP contribution in [0.3, 0.4) is 0 Å². The number of carbonyl (C=O) groups excluding carboxylic acids is 5. The summed E-state index contributed by atoms with van der Waals surface area (Å²) in [7, 11) is 1.34. The van der Waals surface area contributed by atoms with Gasteiger partial charge in [-0.25, -0.2) is 9.59 Å². The predicted octanol–water partition coefficient (Wildman–Crippen LogP) is 0.210. The molecule has 3 aliphatic heterocycles. The minimum absolute atomic E-state index is 0. The predicted molar refractivity (Wildman–Crippen MR) is 249 cm³/mol. The zero-order valence-corrected chi connectivity index (χ0v) is 44.9. The molecule has 16 nitrogen and oxygen atoms in total. The Balaban J connectivity index is -0.000000120. The molecule has 6 N–H and O–H groups in total. The van der Waals surface area contributed by atoms with Crippen LogP contribution in [0, 0.1) is 0 Å². The van der Waals surface area contributed by atoms with Gasteiger partial charge in [0.25, 0.3) is 0 Å². The van der Waals surface area contributed by atoms with Crippen molar-refractivity contribution in [2.75, 3.05) is 20.2 Å². The molecule has 0 aromatic carbocycles. The minimum atomic E-state index is -5.08. The third-order valence-electron chi connectivity index (χ3n) is 7.92. The van der Waals surface area contributed by atoms with Crippen LogP contribution in [-0.4, -0.2) is 135 Å². The molecule has 4 amide bonds. The Bertz CT molecular complexity index is 1310. The smallest absolute Gasteiger partial charge is 0.870 e. The molecule has 3 fully saturated rings. The third-order valence-corrected chi connectivity index (χ3v) is 7.92. The number of esters is 1. The van der Waals surface area contributed by atoms with Gasteiger partial charge in [-0.3, -0.25) is 29.0 Å². The molecule has 0 aromatic heterocycles. The Hall–Kier alpha value is -0.610. The number of aliphatic carboxylic acids is 1. The largest absolute Gasteiger partial charge is 1.00 e. The Kier molecular flexibility index (Phi) is 41.0. The number of alkyl carbamates (subject to hydrolysis) is 1. The molecule has 26 heteroatoms. The van der Waals surface area contributed by atoms with Gasteiger partial charge in [0.2, 0.25) is 17.7 Å². The number of fused-ring (bicyclic) bond motifs is 1. The van der Waals surface area contributed by atoms with Crippen molar-refractivity contribution in [1.82, 2.24) is 31.1 Å². The van der Waals surface area contributed by atoms with Gasteiger partial charge in [-0.2, -0.15) is 94.1 Å². The number of piperazine rings is 1. The number of methoxy groups -OCH3 is 1. The fourth-order valence-corrected chi connectivity index (χ4v) is 6.10. The summed E-state index contributed by atoms with van der Waals surface area (Å²) in [5, 5.41) is 18.8. The van der Waals surface area contributed by atoms with Gasteiger partial charge in [-0.15, -0.1) is 0 Å². The number of carboxylic acids is 1. The van der Waals surface area contributed by atoms with Gasteiger partial charge in [-0.05, 0) is 115 Å². The number of ether oxygens (including phenoxy) is 2. The molecule has 3 saturated heterocycles. The molecular weight excluding hydrogens is 925 g/mol. The number of likely N-dealkylation sites (tertiary alicyclic amines) is 1. The molecule has 0 radical (unpaired) electrons. The maximum Gasteiger partial charge on any atom is 1.00 e. The number of rotatable bonds is 6. The van der Waals surface area contributed by atoms with E-state index in [0.29, 0.717) is 13.0 Å². The third kappa shape index (κ3) is 26.9. The number of alkyl halides is 3. The van der Waals surface area contributed by atoms with Gasteiger partial charge >= 0.3 is 53.8 Å². The Morgan fingerprint density at radius 3 is 1.68 bits per heavy atom. The van der Waals surface area contributed by atoms with E-state index in [0.717, 1.165) is 25.8 Å². The van der Waals surface area contributed by atoms with E-state index in [9.17, 15) is 37.1 Å². The normalized spacial score (nSPS) is 20.4. The summed E-state index contributed by atoms with van der Waals surface area (Å²) in [6.45, 7) is 21.9. The minimum Gasteiger partial charge on any atom is -0.870 e. The topological polar surface area (TPSA) is 226 Å². The molecule has 0 spiro atoms. The molecule has 6 atom stereocenters. The second-order valence-corrected chi connectivity index (χ2v) is 16.2. The summed E-state index contributed by atoms with van der Waals surface area (Å²) < 4.78 is 41.9. The molecule has 0 unspecified atom stereocenters. The SMILES string of the molecule is COC(=O)[C@@H]1CCCN1[C@H](C(=O)NC(C)(C)C)[C@H](C)NC(=O)OC(C)(C)C.C[C@@H]1NC(=O)[C@@H]2CCCN2[C@@H]1C(=O)NC(C)(C)C.O=C(O)C(F)(F)F.S.S.S.S.S.S.[Na+].[OH-]. The van der Waals surface area contributed by atoms with Crippen LogP contribution in [0.5, 0.6) is 0 Å². The molecule has 3 rings (SSSR count). The number of hydrogen-bond donors (Lipinski definition) is 5. The zero-order chi connectivity index (χ0) is 40.6. The summed E-state index contributed by atoms with van der Waals surface area (Å²) in [6.07, 6.45) is -2.44. The molecule has 0 bridgehead atoms. The molecule has 60 heavy (non-hydrogen) atoms. The van der Waals surface area contributed by atoms with E-state index >= 15 is 0 Å². The van der Waals surface area contributed by atoms with Crippen LogP contribution < -0.4 is 50.8 Å². The van der Waals surface area contributed by atoms with Crippen LogP contribution in [0.15, 0.2) is 0 Å². The molecule has 0 aromatic rings. The molecular formula is C34H72F3N6NaO10S6. The molecule has 356 valence electrons. The maximum atomic E-state index is 13.0. The fourth-order valence-electron chi connectivity index (χ4n) is 6.10. The van der Waals surface area contributed by atoms with E-state index in [4.69, 9.17) is 19.4 Å². The number of carboxylic acid groups (broad SMARTS) is 1. The van der Waals surface area contributed by atoms with Crippen molar-refractivity contribution in [3.8, 4) is 0 Å². The van der Waals surface area contributed by atoms with Crippen molar-refractivity contribution in [3.05, 3.63) is 0 Å². The number of nitrogens with zero attached hydrogens (tertiary/aromatic N) is 2. The Morgan fingerprint density at radius 2 is 1.28 bits per heavy atom. The van der Waals surface area contributed by atoms with Crippen LogP contribution >= 0.6 is 81.0 Å². The van der Waals surface area contributed by atoms with E-state index in [1.54, 1.807) is 27.7 Å². The summed E-state index contributed by atoms with van der Waals surface area (Å²) in [5.74, 6) is -3.29. The standard InChI is InChI=1S/C19H35N3O5.C13H23N3O2.C2HF3O2.Na.H2O.6H2S/c1-12(20-17(25)27-19(5,6)7)14(15(23)21-18(2,3)4)22-11-9-10-13(22)16(24)26-8;1-8-10(12(18)15-13(2,3)4)16-7-5-6-9(16)11(17)14-8;3-2(4,5)1(6)7;;;;;;;;/h12-14H,9-11H2,1-8H3,(H,20,25)(H,21,23);8-10H,5-7H2,1-4H3,(H,14,17)(H,15,18);(H,6,7);;7*1H2/q;;;+1;;;;;;;/p-1/t12-,13-,14-;8-,9-,10-;;;;;;;;;/m00........./s1. The number of hydrogen-bond acceptors (Lipinski definition) is 11. The van der Waals surface area contributed by atoms with Gasteiger partial charge in [0.05, 0.1) is 25.2 Å². The van der Waals surface area contributed by atoms with Crippen molar-refractivity contribution in [2.24, 2.45) is 0 Å². The molecule has 3 aliphatic rings. The average molecular weight is 997 g/mol. The second kappa shape index (κ2) is 32.1. The first kappa shape index (κ1) is 76.7. The Morgan fingerprint density at radius 1 is 0.833 bits per heavy atom. The average Bonchev–Trinajstić information content (AvgIpc) is 3.60. The van der Waals surface area contributed by atoms with E-state index in [1.807, 2.05) is 53.4 Å². The number of halogens is 3. The quantitative estimate of drug-likeness (QED) is 0.178. The Labute approximate surface area is 417 Å². The molecule has 0 aliphatic carbocycles. The van der Waals surface area contributed by atoms with E-state index in [1.165, 1.54) is 7.11 Å². The van der Waals surface area contributed by atoms with E-state index in [-0.39, 0.29) is 163 Å². The fraction of sp³-hybridized carbons (Fsp3) is 0.824. The van der Waals surface area contributed by atoms with Crippen LogP contribution in [0.2, 0.25) is 0 Å². The van der Waals surface area contributed by atoms with Crippen molar-refractivity contribution < 1.29 is 91.6 Å². The summed E-state index contributed by atoms with van der Waals surface area (Å²) in [5.41, 5.74) is -1.33. The summed E-state index contributed by atoms with van der Waals surface area (Å²) in [4.78, 5) is 74.4. The summed E-state index contributed by atoms with van der Waals surface area (Å²) in [6, 6.07) is -2.27. The number of carbonyl (C=O) groups is 6. The van der Waals surface area contributed by atoms with Gasteiger partial charge in [0, 0.05) is 11.1 Å². The number of amides is 4. The number of nitrogens with one attached hydrogen (secondary N) is 4. The van der Waals surface area contributed by atoms with Crippen LogP contribution in [0.25, 0.3) is 0 Å². The van der Waals surface area contributed by atoms with Gasteiger partial charge in [0.15, 0.2) is 0 Å². The maximum absolute atomic E-state index is 13.0. The first-order valence-corrected chi connectivity index (χ1v) is 17.3. The van der Waals surface area contributed by atoms with Crippen molar-refractivity contribution in [2.45, 2.75) is 161 Å². The van der Waals surface area contributed by atoms with Crippen molar-refractivity contribution >= 4 is 117 Å². The first-order valence-electron chi connectivity index (χ1n) is 17.3. The van der Waals surface area contributed by atoms with Gasteiger partial charge < -0.3 is 41.3 Å². The van der Waals surface area contributed by atoms with Crippen molar-refractivity contribution in [3.63, 3.8) is 0 Å². The van der Waals surface area contributed by atoms with Crippen molar-refractivity contribution in [1.29, 1.82) is 0 Å². The van der Waals surface area contributed by atoms with Crippen LogP contribution in [0.1, 0.15) is 102 Å². The zero-order valence-electron chi connectivity index (χ0n) is 36.9. The van der Waals surface area contributed by atoms with E-state index < -0.39 is 47.5 Å². The van der Waals surface area contributed by atoms with E-state index in [2.05, 4.69) is 26.2 Å². The molecule has 0 saturated carbocycles. The van der Waals surface area contributed by atoms with Gasteiger partial charge in [-0.1, -0.05) is 0 Å².